The molecule has 0 spiro atoms. The Kier molecular flexibility index (Phi) is 8.25. The van der Waals surface area contributed by atoms with E-state index in [1.807, 2.05) is 31.2 Å². The van der Waals surface area contributed by atoms with Gasteiger partial charge in [0.1, 0.15) is 11.6 Å². The number of hydrogen-bond acceptors (Lipinski definition) is 7. The number of ether oxygens (including phenoxy) is 1. The summed E-state index contributed by atoms with van der Waals surface area (Å²) in [5.74, 6) is 1.32. The topological polar surface area (TPSA) is 93.2 Å². The van der Waals surface area contributed by atoms with Crippen LogP contribution in [0.2, 0.25) is 5.02 Å². The summed E-state index contributed by atoms with van der Waals surface area (Å²) in [6, 6.07) is 13.6. The molecule has 3 rings (SSSR count). The summed E-state index contributed by atoms with van der Waals surface area (Å²) in [5.41, 5.74) is 1.07. The summed E-state index contributed by atoms with van der Waals surface area (Å²) in [6.07, 6.45) is 2.14. The molecule has 0 aliphatic carbocycles. The van der Waals surface area contributed by atoms with Crippen molar-refractivity contribution < 1.29 is 13.2 Å². The molecule has 0 aliphatic heterocycles. The molecule has 31 heavy (non-hydrogen) atoms. The number of anilines is 1. The standard InChI is InChI=1S/C21H25ClN4O3S2/c1-3-4-17(26-31(27,28)19-11-9-18(29-2)10-12-19)14-23-21-24-20(25-30-21)13-15-5-7-16(22)8-6-15/h5-12,17,26H,3-4,13-14H2,1-2H3,(H,23,24,25). The van der Waals surface area contributed by atoms with Crippen LogP contribution in [0.25, 0.3) is 0 Å². The molecule has 1 aromatic heterocycles. The molecule has 7 nitrogen and oxygen atoms in total. The number of nitrogens with zero attached hydrogens (tertiary/aromatic N) is 2. The Morgan fingerprint density at radius 1 is 1.13 bits per heavy atom. The molecule has 0 bridgehead atoms. The SMILES string of the molecule is CCCC(CNc1nc(Cc2ccc(Cl)cc2)ns1)NS(=O)(=O)c1ccc(OC)cc1. The smallest absolute Gasteiger partial charge is 0.240 e. The van der Waals surface area contributed by atoms with Crippen molar-refractivity contribution in [2.24, 2.45) is 0 Å². The van der Waals surface area contributed by atoms with Crippen LogP contribution in [0.15, 0.2) is 53.4 Å². The van der Waals surface area contributed by atoms with Gasteiger partial charge in [0.05, 0.1) is 12.0 Å². The lowest BCUT2D eigenvalue weighted by Crippen LogP contribution is -2.39. The number of halogens is 1. The van der Waals surface area contributed by atoms with Crippen LogP contribution >= 0.6 is 23.1 Å². The first-order chi connectivity index (χ1) is 14.9. The molecule has 3 aromatic rings. The van der Waals surface area contributed by atoms with Gasteiger partial charge in [0.15, 0.2) is 0 Å². The lowest BCUT2D eigenvalue weighted by molar-refractivity contribution is 0.414. The van der Waals surface area contributed by atoms with Gasteiger partial charge in [0.25, 0.3) is 0 Å². The van der Waals surface area contributed by atoms with Crippen LogP contribution in [0.3, 0.4) is 0 Å². The fourth-order valence-corrected chi connectivity index (χ4v) is 4.97. The molecule has 0 radical (unpaired) electrons. The third-order valence-corrected chi connectivity index (χ3v) is 7.07. The molecule has 1 unspecified atom stereocenters. The Labute approximate surface area is 192 Å². The quantitative estimate of drug-likeness (QED) is 0.423. The average molecular weight is 481 g/mol. The van der Waals surface area contributed by atoms with E-state index in [9.17, 15) is 8.42 Å². The second kappa shape index (κ2) is 10.9. The molecule has 0 saturated carbocycles. The zero-order chi connectivity index (χ0) is 22.3. The highest BCUT2D eigenvalue weighted by Gasteiger charge is 2.20. The van der Waals surface area contributed by atoms with Crippen LogP contribution in [0.4, 0.5) is 5.13 Å². The lowest BCUT2D eigenvalue weighted by atomic mass is 10.1. The van der Waals surface area contributed by atoms with Crippen LogP contribution in [-0.4, -0.2) is 37.5 Å². The van der Waals surface area contributed by atoms with Gasteiger partial charge in [-0.1, -0.05) is 37.1 Å². The molecule has 2 N–H and O–H groups in total. The number of methoxy groups -OCH3 is 1. The van der Waals surface area contributed by atoms with Gasteiger partial charge in [0, 0.05) is 35.6 Å². The van der Waals surface area contributed by atoms with Gasteiger partial charge in [-0.05, 0) is 48.4 Å². The second-order valence-corrected chi connectivity index (χ2v) is 9.88. The van der Waals surface area contributed by atoms with Crippen LogP contribution in [0.1, 0.15) is 31.2 Å². The monoisotopic (exact) mass is 480 g/mol. The van der Waals surface area contributed by atoms with Crippen molar-refractivity contribution in [3.8, 4) is 5.75 Å². The number of aromatic nitrogens is 2. The van der Waals surface area contributed by atoms with Gasteiger partial charge < -0.3 is 10.1 Å². The minimum absolute atomic E-state index is 0.204. The minimum Gasteiger partial charge on any atom is -0.497 e. The van der Waals surface area contributed by atoms with Gasteiger partial charge in [-0.25, -0.2) is 18.1 Å². The maximum absolute atomic E-state index is 12.7. The molecule has 2 aromatic carbocycles. The highest BCUT2D eigenvalue weighted by Crippen LogP contribution is 2.18. The summed E-state index contributed by atoms with van der Waals surface area (Å²) in [7, 11) is -2.10. The van der Waals surface area contributed by atoms with Crippen LogP contribution in [0, 0.1) is 0 Å². The first-order valence-electron chi connectivity index (χ1n) is 9.87. The maximum Gasteiger partial charge on any atom is 0.240 e. The van der Waals surface area contributed by atoms with E-state index in [0.717, 1.165) is 12.0 Å². The Balaban J connectivity index is 1.60. The van der Waals surface area contributed by atoms with Gasteiger partial charge in [-0.2, -0.15) is 4.37 Å². The third-order valence-electron chi connectivity index (χ3n) is 4.57. The van der Waals surface area contributed by atoms with Crippen LogP contribution in [0.5, 0.6) is 5.75 Å². The lowest BCUT2D eigenvalue weighted by Gasteiger charge is -2.18. The van der Waals surface area contributed by atoms with Crippen molar-refractivity contribution in [1.29, 1.82) is 0 Å². The molecular weight excluding hydrogens is 456 g/mol. The van der Waals surface area contributed by atoms with Crippen molar-refractivity contribution in [3.05, 3.63) is 64.9 Å². The molecule has 1 heterocycles. The largest absolute Gasteiger partial charge is 0.497 e. The number of benzene rings is 2. The van der Waals surface area contributed by atoms with Gasteiger partial charge in [-0.15, -0.1) is 0 Å². The Morgan fingerprint density at radius 2 is 1.84 bits per heavy atom. The first kappa shape index (κ1) is 23.5. The van der Waals surface area contributed by atoms with E-state index in [2.05, 4.69) is 19.4 Å². The van der Waals surface area contributed by atoms with E-state index < -0.39 is 10.0 Å². The summed E-state index contributed by atoms with van der Waals surface area (Å²) >= 11 is 7.18. The Morgan fingerprint density at radius 3 is 2.48 bits per heavy atom. The van der Waals surface area contributed by atoms with E-state index in [0.29, 0.717) is 41.1 Å². The summed E-state index contributed by atoms with van der Waals surface area (Å²) in [5, 5.41) is 4.57. The van der Waals surface area contributed by atoms with E-state index in [4.69, 9.17) is 16.3 Å². The first-order valence-corrected chi connectivity index (χ1v) is 12.5. The average Bonchev–Trinajstić information content (AvgIpc) is 3.21. The molecule has 0 saturated heterocycles. The molecule has 10 heteroatoms. The maximum atomic E-state index is 12.7. The van der Waals surface area contributed by atoms with E-state index >= 15 is 0 Å². The van der Waals surface area contributed by atoms with Crippen LogP contribution < -0.4 is 14.8 Å². The normalized spacial score (nSPS) is 12.5. The van der Waals surface area contributed by atoms with Crippen molar-refractivity contribution in [1.82, 2.24) is 14.1 Å². The number of nitrogens with one attached hydrogen (secondary N) is 2. The predicted molar refractivity (Wildman–Crippen MR) is 125 cm³/mol. The van der Waals surface area contributed by atoms with Gasteiger partial charge in [0.2, 0.25) is 15.2 Å². The molecule has 166 valence electrons. The molecule has 1 atom stereocenters. The van der Waals surface area contributed by atoms with E-state index in [1.54, 1.807) is 19.2 Å². The van der Waals surface area contributed by atoms with Crippen molar-refractivity contribution in [2.75, 3.05) is 19.0 Å². The van der Waals surface area contributed by atoms with Crippen LogP contribution in [-0.2, 0) is 16.4 Å². The molecular formula is C21H25ClN4O3S2. The van der Waals surface area contributed by atoms with Crippen molar-refractivity contribution >= 4 is 38.3 Å². The fourth-order valence-electron chi connectivity index (χ4n) is 2.99. The summed E-state index contributed by atoms with van der Waals surface area (Å²) < 4.78 is 37.7. The number of rotatable bonds is 11. The zero-order valence-electron chi connectivity index (χ0n) is 17.3. The molecule has 0 fully saturated rings. The van der Waals surface area contributed by atoms with Gasteiger partial charge >= 0.3 is 0 Å². The molecule has 0 aliphatic rings. The van der Waals surface area contributed by atoms with Gasteiger partial charge in [-0.3, -0.25) is 0 Å². The third kappa shape index (κ3) is 6.90. The molecule has 0 amide bonds. The summed E-state index contributed by atoms with van der Waals surface area (Å²) in [4.78, 5) is 4.71. The number of hydrogen-bond donors (Lipinski definition) is 2. The Hall–Kier alpha value is -2.20. The predicted octanol–water partition coefficient (Wildman–Crippen LogP) is 4.35. The van der Waals surface area contributed by atoms with Crippen molar-refractivity contribution in [3.63, 3.8) is 0 Å². The van der Waals surface area contributed by atoms with E-state index in [-0.39, 0.29) is 10.9 Å². The minimum atomic E-state index is -3.64. The highest BCUT2D eigenvalue weighted by atomic mass is 35.5. The number of sulfonamides is 1. The zero-order valence-corrected chi connectivity index (χ0v) is 19.7. The second-order valence-electron chi connectivity index (χ2n) is 6.98. The van der Waals surface area contributed by atoms with Crippen molar-refractivity contribution in [2.45, 2.75) is 37.1 Å². The Bertz CT molecular complexity index is 1070. The van der Waals surface area contributed by atoms with E-state index in [1.165, 1.54) is 23.7 Å². The summed E-state index contributed by atoms with van der Waals surface area (Å²) in [6.45, 7) is 2.43. The fraction of sp³-hybridized carbons (Fsp3) is 0.333. The highest BCUT2D eigenvalue weighted by molar-refractivity contribution is 7.89.